The van der Waals surface area contributed by atoms with E-state index in [1.54, 1.807) is 13.3 Å². The van der Waals surface area contributed by atoms with E-state index in [-0.39, 0.29) is 22.7 Å². The summed E-state index contributed by atoms with van der Waals surface area (Å²) in [5.74, 6) is 1.27. The van der Waals surface area contributed by atoms with Gasteiger partial charge < -0.3 is 10.1 Å². The van der Waals surface area contributed by atoms with Crippen LogP contribution in [-0.2, 0) is 15.6 Å². The number of methoxy groups -OCH3 is 1. The average molecular weight is 462 g/mol. The normalized spacial score (nSPS) is 14.0. The molecule has 0 atom stereocenters. The molecule has 5 nitrogen and oxygen atoms in total. The maximum atomic E-state index is 11.8. The van der Waals surface area contributed by atoms with E-state index >= 15 is 0 Å². The number of rotatable bonds is 4. The molecule has 4 rings (SSSR count). The summed E-state index contributed by atoms with van der Waals surface area (Å²) in [6.45, 7) is 13.1. The van der Waals surface area contributed by atoms with Crippen molar-refractivity contribution >= 4 is 11.6 Å². The molecule has 1 saturated carbocycles. The second kappa shape index (κ2) is 10.5. The lowest BCUT2D eigenvalue weighted by molar-refractivity contribution is -0.122. The summed E-state index contributed by atoms with van der Waals surface area (Å²) in [6.07, 6.45) is 6.96. The van der Waals surface area contributed by atoms with Gasteiger partial charge in [0.05, 0.1) is 7.11 Å². The first kappa shape index (κ1) is 25.5. The summed E-state index contributed by atoms with van der Waals surface area (Å²) in [7, 11) is 1.69. The lowest BCUT2D eigenvalue weighted by Crippen LogP contribution is -2.28. The number of nitrogens with zero attached hydrogens (tertiary/aromatic N) is 2. The first-order valence-corrected chi connectivity index (χ1v) is 12.1. The third-order valence-electron chi connectivity index (χ3n) is 6.27. The predicted octanol–water partition coefficient (Wildman–Crippen LogP) is 6.90. The second-order valence-electron chi connectivity index (χ2n) is 11.0. The highest BCUT2D eigenvalue weighted by Gasteiger charge is 2.25. The number of nitrogens with one attached hydrogen (secondary N) is 1. The summed E-state index contributed by atoms with van der Waals surface area (Å²) < 4.78 is 7.25. The minimum absolute atomic E-state index is 0.121. The summed E-state index contributed by atoms with van der Waals surface area (Å²) in [5, 5.41) is 7.24. The van der Waals surface area contributed by atoms with Crippen molar-refractivity contribution in [2.75, 3.05) is 12.4 Å². The van der Waals surface area contributed by atoms with E-state index < -0.39 is 0 Å². The molecule has 1 aliphatic rings. The molecule has 2 aromatic carbocycles. The van der Waals surface area contributed by atoms with Gasteiger partial charge in [-0.15, -0.1) is 0 Å². The van der Waals surface area contributed by atoms with Crippen LogP contribution in [0.2, 0.25) is 0 Å². The Balaban J connectivity index is 0.000000191. The highest BCUT2D eigenvalue weighted by molar-refractivity contribution is 5.93. The molecule has 0 radical (unpaired) electrons. The summed E-state index contributed by atoms with van der Waals surface area (Å²) in [4.78, 5) is 11.8. The molecule has 34 heavy (non-hydrogen) atoms. The van der Waals surface area contributed by atoms with Crippen LogP contribution in [0.3, 0.4) is 0 Å². The van der Waals surface area contributed by atoms with Gasteiger partial charge in [0.2, 0.25) is 5.91 Å². The van der Waals surface area contributed by atoms with Gasteiger partial charge in [-0.3, -0.25) is 4.79 Å². The largest absolute Gasteiger partial charge is 0.494 e. The van der Waals surface area contributed by atoms with Crippen molar-refractivity contribution in [3.63, 3.8) is 0 Å². The van der Waals surface area contributed by atoms with Crippen LogP contribution >= 0.6 is 0 Å². The SMILES string of the molecule is CC(C)(C)c1cccc(NC(=O)C2CCC2)c1.COc1cc(C(C)(C)C)ccc1-n1cccn1. The number of anilines is 1. The lowest BCUT2D eigenvalue weighted by atomic mass is 9.84. The first-order chi connectivity index (χ1) is 16.0. The zero-order valence-electron chi connectivity index (χ0n) is 21.7. The van der Waals surface area contributed by atoms with Gasteiger partial charge in [-0.25, -0.2) is 4.68 Å². The standard InChI is InChI=1S/C15H21NO.C14H18N2O/c1-15(2,3)12-8-5-9-13(10-12)16-14(17)11-6-4-7-11;1-14(2,3)11-6-7-12(13(10-11)17-4)16-9-5-8-15-16/h5,8-11H,4,6-7H2,1-3H3,(H,16,17);5-10H,1-4H3. The molecule has 182 valence electrons. The average Bonchev–Trinajstić information content (AvgIpc) is 3.26. The van der Waals surface area contributed by atoms with Crippen LogP contribution in [0.4, 0.5) is 5.69 Å². The summed E-state index contributed by atoms with van der Waals surface area (Å²) in [5.41, 5.74) is 4.64. The van der Waals surface area contributed by atoms with Gasteiger partial charge in [0.15, 0.2) is 0 Å². The fourth-order valence-corrected chi connectivity index (χ4v) is 3.72. The van der Waals surface area contributed by atoms with Crippen LogP contribution in [0.1, 0.15) is 71.9 Å². The van der Waals surface area contributed by atoms with Gasteiger partial charge >= 0.3 is 0 Å². The van der Waals surface area contributed by atoms with Gasteiger partial charge in [-0.1, -0.05) is 66.2 Å². The molecule has 1 fully saturated rings. The van der Waals surface area contributed by atoms with Crippen LogP contribution in [0.5, 0.6) is 5.75 Å². The number of carbonyl (C=O) groups excluding carboxylic acids is 1. The number of amides is 1. The molecule has 0 saturated heterocycles. The van der Waals surface area contributed by atoms with E-state index in [4.69, 9.17) is 4.74 Å². The van der Waals surface area contributed by atoms with Gasteiger partial charge in [-0.2, -0.15) is 5.10 Å². The van der Waals surface area contributed by atoms with Gasteiger partial charge in [-0.05, 0) is 65.1 Å². The number of benzene rings is 2. The zero-order chi connectivity index (χ0) is 24.9. The molecular formula is C29H39N3O2. The van der Waals surface area contributed by atoms with Crippen LogP contribution in [-0.4, -0.2) is 22.8 Å². The fraction of sp³-hybridized carbons (Fsp3) is 0.448. The Kier molecular flexibility index (Phi) is 7.86. The van der Waals surface area contributed by atoms with Gasteiger partial charge in [0.1, 0.15) is 11.4 Å². The van der Waals surface area contributed by atoms with Crippen molar-refractivity contribution in [3.8, 4) is 11.4 Å². The van der Waals surface area contributed by atoms with E-state index in [1.807, 2.05) is 35.1 Å². The Morgan fingerprint density at radius 1 is 0.971 bits per heavy atom. The van der Waals surface area contributed by atoms with E-state index in [0.717, 1.165) is 30.0 Å². The molecular weight excluding hydrogens is 422 g/mol. The van der Waals surface area contributed by atoms with Crippen LogP contribution in [0, 0.1) is 5.92 Å². The molecule has 0 aliphatic heterocycles. The number of ether oxygens (including phenoxy) is 1. The molecule has 0 spiro atoms. The Bertz CT molecular complexity index is 1090. The number of aromatic nitrogens is 2. The van der Waals surface area contributed by atoms with E-state index in [2.05, 4.69) is 76.2 Å². The van der Waals surface area contributed by atoms with E-state index in [0.29, 0.717) is 0 Å². The van der Waals surface area contributed by atoms with Crippen molar-refractivity contribution in [2.45, 2.75) is 71.6 Å². The topological polar surface area (TPSA) is 56.1 Å². The molecule has 1 aliphatic carbocycles. The van der Waals surface area contributed by atoms with Crippen molar-refractivity contribution in [1.82, 2.24) is 9.78 Å². The minimum Gasteiger partial charge on any atom is -0.494 e. The molecule has 0 bridgehead atoms. The minimum atomic E-state index is 0.121. The second-order valence-corrected chi connectivity index (χ2v) is 11.0. The Labute approximate surface area is 204 Å². The highest BCUT2D eigenvalue weighted by atomic mass is 16.5. The quantitative estimate of drug-likeness (QED) is 0.460. The molecule has 1 heterocycles. The summed E-state index contributed by atoms with van der Waals surface area (Å²) in [6, 6.07) is 16.3. The maximum absolute atomic E-state index is 11.8. The smallest absolute Gasteiger partial charge is 0.227 e. The monoisotopic (exact) mass is 461 g/mol. The fourth-order valence-electron chi connectivity index (χ4n) is 3.72. The van der Waals surface area contributed by atoms with Crippen molar-refractivity contribution < 1.29 is 9.53 Å². The van der Waals surface area contributed by atoms with E-state index in [1.165, 1.54) is 17.5 Å². The van der Waals surface area contributed by atoms with Gasteiger partial charge in [0, 0.05) is 24.0 Å². The first-order valence-electron chi connectivity index (χ1n) is 12.1. The third kappa shape index (κ3) is 6.49. The molecule has 5 heteroatoms. The van der Waals surface area contributed by atoms with E-state index in [9.17, 15) is 4.79 Å². The van der Waals surface area contributed by atoms with Crippen LogP contribution < -0.4 is 10.1 Å². The molecule has 0 unspecified atom stereocenters. The Hall–Kier alpha value is -3.08. The zero-order valence-corrected chi connectivity index (χ0v) is 21.7. The maximum Gasteiger partial charge on any atom is 0.227 e. The third-order valence-corrected chi connectivity index (χ3v) is 6.27. The van der Waals surface area contributed by atoms with Crippen molar-refractivity contribution in [3.05, 3.63) is 72.1 Å². The lowest BCUT2D eigenvalue weighted by Gasteiger charge is -2.25. The molecule has 1 N–H and O–H groups in total. The Morgan fingerprint density at radius 3 is 2.18 bits per heavy atom. The predicted molar refractivity (Wildman–Crippen MR) is 140 cm³/mol. The molecule has 1 aromatic heterocycles. The van der Waals surface area contributed by atoms with Gasteiger partial charge in [0.25, 0.3) is 0 Å². The van der Waals surface area contributed by atoms with Crippen LogP contribution in [0.15, 0.2) is 60.9 Å². The van der Waals surface area contributed by atoms with Crippen molar-refractivity contribution in [2.24, 2.45) is 5.92 Å². The highest BCUT2D eigenvalue weighted by Crippen LogP contribution is 2.31. The molecule has 1 amide bonds. The van der Waals surface area contributed by atoms with Crippen LogP contribution in [0.25, 0.3) is 5.69 Å². The number of carbonyl (C=O) groups is 1. The summed E-state index contributed by atoms with van der Waals surface area (Å²) >= 11 is 0. The number of hydrogen-bond acceptors (Lipinski definition) is 3. The number of hydrogen-bond donors (Lipinski definition) is 1. The van der Waals surface area contributed by atoms with Crippen molar-refractivity contribution in [1.29, 1.82) is 0 Å². The Morgan fingerprint density at radius 2 is 1.65 bits per heavy atom. The molecule has 3 aromatic rings.